The van der Waals surface area contributed by atoms with Gasteiger partial charge in [-0.2, -0.15) is 5.10 Å². The lowest BCUT2D eigenvalue weighted by atomic mass is 10.4. The molecule has 1 amide bonds. The summed E-state index contributed by atoms with van der Waals surface area (Å²) in [6.45, 7) is 2.06. The van der Waals surface area contributed by atoms with E-state index in [0.717, 1.165) is 5.69 Å². The predicted molar refractivity (Wildman–Crippen MR) is 55.2 cm³/mol. The number of aromatic nitrogens is 2. The van der Waals surface area contributed by atoms with Gasteiger partial charge in [0.2, 0.25) is 5.91 Å². The summed E-state index contributed by atoms with van der Waals surface area (Å²) >= 11 is 0. The van der Waals surface area contributed by atoms with Gasteiger partial charge in [-0.1, -0.05) is 0 Å². The van der Waals surface area contributed by atoms with Crippen molar-refractivity contribution in [2.24, 2.45) is 0 Å². The van der Waals surface area contributed by atoms with Gasteiger partial charge < -0.3 is 15.4 Å². The lowest BCUT2D eigenvalue weighted by molar-refractivity contribution is -0.120. The highest BCUT2D eigenvalue weighted by atomic mass is 16.5. The molecule has 0 unspecified atom stereocenters. The van der Waals surface area contributed by atoms with E-state index in [4.69, 9.17) is 4.74 Å². The van der Waals surface area contributed by atoms with Crippen LogP contribution in [-0.4, -0.2) is 42.9 Å². The molecule has 1 aromatic rings. The van der Waals surface area contributed by atoms with E-state index in [-0.39, 0.29) is 5.91 Å². The van der Waals surface area contributed by atoms with Gasteiger partial charge in [-0.3, -0.25) is 9.89 Å². The molecule has 15 heavy (non-hydrogen) atoms. The van der Waals surface area contributed by atoms with Gasteiger partial charge in [0.15, 0.2) is 0 Å². The van der Waals surface area contributed by atoms with Gasteiger partial charge in [0.25, 0.3) is 0 Å². The molecule has 6 nitrogen and oxygen atoms in total. The molecule has 3 N–H and O–H groups in total. The molecule has 0 aromatic carbocycles. The number of aromatic amines is 1. The fraction of sp³-hybridized carbons (Fsp3) is 0.556. The van der Waals surface area contributed by atoms with Crippen LogP contribution < -0.4 is 10.6 Å². The van der Waals surface area contributed by atoms with E-state index in [1.54, 1.807) is 13.3 Å². The number of hydrogen-bond acceptors (Lipinski definition) is 4. The Balaban J connectivity index is 2.04. The Morgan fingerprint density at radius 1 is 1.67 bits per heavy atom. The largest absolute Gasteiger partial charge is 0.383 e. The Kier molecular flexibility index (Phi) is 5.42. The number of hydrogen-bond donors (Lipinski definition) is 3. The van der Waals surface area contributed by atoms with Gasteiger partial charge in [0.05, 0.1) is 25.4 Å². The minimum atomic E-state index is -0.0410. The van der Waals surface area contributed by atoms with Crippen LogP contribution in [0.1, 0.15) is 5.69 Å². The summed E-state index contributed by atoms with van der Waals surface area (Å²) < 4.78 is 4.84. The molecule has 0 aliphatic rings. The monoisotopic (exact) mass is 212 g/mol. The lowest BCUT2D eigenvalue weighted by Crippen LogP contribution is -2.34. The Morgan fingerprint density at radius 2 is 2.53 bits per heavy atom. The Labute approximate surface area is 88.4 Å². The van der Waals surface area contributed by atoms with Gasteiger partial charge >= 0.3 is 0 Å². The van der Waals surface area contributed by atoms with Crippen molar-refractivity contribution in [2.75, 3.05) is 26.8 Å². The third-order valence-corrected chi connectivity index (χ3v) is 1.80. The van der Waals surface area contributed by atoms with Crippen molar-refractivity contribution in [3.8, 4) is 0 Å². The highest BCUT2D eigenvalue weighted by Crippen LogP contribution is 1.88. The normalized spacial score (nSPS) is 10.2. The maximum absolute atomic E-state index is 11.3. The van der Waals surface area contributed by atoms with Crippen molar-refractivity contribution in [3.63, 3.8) is 0 Å². The number of nitrogens with zero attached hydrogens (tertiary/aromatic N) is 1. The Bertz CT molecular complexity index is 274. The van der Waals surface area contributed by atoms with Crippen molar-refractivity contribution >= 4 is 5.91 Å². The minimum Gasteiger partial charge on any atom is -0.383 e. The molecule has 1 rings (SSSR count). The van der Waals surface area contributed by atoms with Crippen molar-refractivity contribution < 1.29 is 9.53 Å². The molecule has 0 bridgehead atoms. The van der Waals surface area contributed by atoms with E-state index in [1.165, 1.54) is 0 Å². The van der Waals surface area contributed by atoms with Crippen LogP contribution in [0.2, 0.25) is 0 Å². The number of amides is 1. The average molecular weight is 212 g/mol. The van der Waals surface area contributed by atoms with Gasteiger partial charge in [0.1, 0.15) is 0 Å². The quantitative estimate of drug-likeness (QED) is 0.520. The van der Waals surface area contributed by atoms with E-state index >= 15 is 0 Å². The zero-order chi connectivity index (χ0) is 10.9. The van der Waals surface area contributed by atoms with Gasteiger partial charge in [-0.15, -0.1) is 0 Å². The topological polar surface area (TPSA) is 79.0 Å². The summed E-state index contributed by atoms with van der Waals surface area (Å²) in [6, 6.07) is 1.82. The molecule has 0 saturated heterocycles. The standard InChI is InChI=1S/C9H16N4O2/c1-15-5-4-10-7-9(14)11-6-8-2-3-12-13-8/h2-3,10H,4-7H2,1H3,(H,11,14)(H,12,13). The minimum absolute atomic E-state index is 0.0410. The molecule has 84 valence electrons. The summed E-state index contributed by atoms with van der Waals surface area (Å²) in [5.74, 6) is -0.0410. The number of H-pyrrole nitrogens is 1. The highest BCUT2D eigenvalue weighted by molar-refractivity contribution is 5.77. The van der Waals surface area contributed by atoms with Crippen LogP contribution in [0.5, 0.6) is 0 Å². The van der Waals surface area contributed by atoms with Crippen LogP contribution >= 0.6 is 0 Å². The third-order valence-electron chi connectivity index (χ3n) is 1.80. The molecule has 0 aliphatic heterocycles. The number of rotatable bonds is 7. The molecule has 0 atom stereocenters. The number of ether oxygens (including phenoxy) is 1. The second-order valence-corrected chi connectivity index (χ2v) is 3.03. The molecule has 1 aromatic heterocycles. The van der Waals surface area contributed by atoms with E-state index in [0.29, 0.717) is 26.2 Å². The first-order chi connectivity index (χ1) is 7.33. The molecular weight excluding hydrogens is 196 g/mol. The van der Waals surface area contributed by atoms with Crippen LogP contribution in [0.3, 0.4) is 0 Å². The van der Waals surface area contributed by atoms with Crippen molar-refractivity contribution in [1.29, 1.82) is 0 Å². The zero-order valence-electron chi connectivity index (χ0n) is 8.75. The third kappa shape index (κ3) is 5.14. The highest BCUT2D eigenvalue weighted by Gasteiger charge is 2.00. The first-order valence-corrected chi connectivity index (χ1v) is 4.77. The van der Waals surface area contributed by atoms with Crippen molar-refractivity contribution in [2.45, 2.75) is 6.54 Å². The molecule has 0 saturated carbocycles. The van der Waals surface area contributed by atoms with E-state index in [2.05, 4.69) is 20.8 Å². The molecule has 0 fully saturated rings. The smallest absolute Gasteiger partial charge is 0.234 e. The average Bonchev–Trinajstić information content (AvgIpc) is 2.74. The molecule has 0 spiro atoms. The second-order valence-electron chi connectivity index (χ2n) is 3.03. The molecule has 0 radical (unpaired) electrons. The number of nitrogens with one attached hydrogen (secondary N) is 3. The Hall–Kier alpha value is -1.40. The maximum Gasteiger partial charge on any atom is 0.234 e. The van der Waals surface area contributed by atoms with Crippen LogP contribution in [0.4, 0.5) is 0 Å². The van der Waals surface area contributed by atoms with Crippen LogP contribution in [0.15, 0.2) is 12.3 Å². The fourth-order valence-corrected chi connectivity index (χ4v) is 1.02. The summed E-state index contributed by atoms with van der Waals surface area (Å²) in [5, 5.41) is 12.2. The lowest BCUT2D eigenvalue weighted by Gasteiger charge is -2.04. The zero-order valence-corrected chi connectivity index (χ0v) is 8.75. The summed E-state index contributed by atoms with van der Waals surface area (Å²) in [4.78, 5) is 11.3. The van der Waals surface area contributed by atoms with E-state index < -0.39 is 0 Å². The fourth-order valence-electron chi connectivity index (χ4n) is 1.02. The first kappa shape index (κ1) is 11.7. The summed E-state index contributed by atoms with van der Waals surface area (Å²) in [6.07, 6.45) is 1.65. The van der Waals surface area contributed by atoms with Crippen LogP contribution in [0.25, 0.3) is 0 Å². The van der Waals surface area contributed by atoms with E-state index in [9.17, 15) is 4.79 Å². The van der Waals surface area contributed by atoms with Gasteiger partial charge in [0, 0.05) is 19.9 Å². The summed E-state index contributed by atoms with van der Waals surface area (Å²) in [5.41, 5.74) is 0.889. The van der Waals surface area contributed by atoms with Crippen molar-refractivity contribution in [3.05, 3.63) is 18.0 Å². The number of carbonyl (C=O) groups excluding carboxylic acids is 1. The molecule has 6 heteroatoms. The second kappa shape index (κ2) is 6.97. The van der Waals surface area contributed by atoms with Gasteiger partial charge in [-0.05, 0) is 6.07 Å². The number of carbonyl (C=O) groups is 1. The molecule has 1 heterocycles. The Morgan fingerprint density at radius 3 is 3.20 bits per heavy atom. The van der Waals surface area contributed by atoms with Crippen molar-refractivity contribution in [1.82, 2.24) is 20.8 Å². The molecule has 0 aliphatic carbocycles. The first-order valence-electron chi connectivity index (χ1n) is 4.77. The maximum atomic E-state index is 11.3. The van der Waals surface area contributed by atoms with Crippen LogP contribution in [-0.2, 0) is 16.1 Å². The van der Waals surface area contributed by atoms with E-state index in [1.807, 2.05) is 6.07 Å². The number of methoxy groups -OCH3 is 1. The molecular formula is C9H16N4O2. The summed E-state index contributed by atoms with van der Waals surface area (Å²) in [7, 11) is 1.62. The van der Waals surface area contributed by atoms with Gasteiger partial charge in [-0.25, -0.2) is 0 Å². The SMILES string of the molecule is COCCNCC(=O)NCc1ccn[nH]1. The van der Waals surface area contributed by atoms with Crippen LogP contribution in [0, 0.1) is 0 Å². The predicted octanol–water partition coefficient (Wildman–Crippen LogP) is -0.738.